The van der Waals surface area contributed by atoms with Crippen molar-refractivity contribution in [2.75, 3.05) is 17.7 Å². The van der Waals surface area contributed by atoms with Gasteiger partial charge in [-0.15, -0.1) is 0 Å². The van der Waals surface area contributed by atoms with Crippen LogP contribution in [0.3, 0.4) is 0 Å². The van der Waals surface area contributed by atoms with E-state index in [1.165, 1.54) is 0 Å². The normalized spacial score (nSPS) is 10.4. The number of nitrogens with two attached hydrogens (primary N) is 1. The molecule has 0 heterocycles. The molecule has 7 heteroatoms. The van der Waals surface area contributed by atoms with Crippen LogP contribution in [0.4, 0.5) is 11.4 Å². The number of amides is 1. The molecule has 0 aromatic heterocycles. The zero-order valence-corrected chi connectivity index (χ0v) is 16.4. The maximum Gasteiger partial charge on any atom is 0.262 e. The number of nitrogens with one attached hydrogen (secondary N) is 1. The Bertz CT molecular complexity index is 697. The summed E-state index contributed by atoms with van der Waals surface area (Å²) in [7, 11) is 0. The van der Waals surface area contributed by atoms with Crippen molar-refractivity contribution in [2.24, 2.45) is 0 Å². The SMILES string of the molecule is Cc1cc(Br)cc(Br)c1OCC(=O)Nc1ccc(Br)cc1N. The Kier molecular flexibility index (Phi) is 5.88. The number of ether oxygens (including phenoxy) is 1. The zero-order valence-electron chi connectivity index (χ0n) is 11.6. The average Bonchev–Trinajstić information content (AvgIpc) is 2.40. The lowest BCUT2D eigenvalue weighted by Crippen LogP contribution is -2.21. The van der Waals surface area contributed by atoms with E-state index in [0.717, 1.165) is 19.0 Å². The van der Waals surface area contributed by atoms with Crippen LogP contribution in [0.5, 0.6) is 5.75 Å². The fraction of sp³-hybridized carbons (Fsp3) is 0.133. The smallest absolute Gasteiger partial charge is 0.262 e. The van der Waals surface area contributed by atoms with Crippen molar-refractivity contribution in [3.05, 3.63) is 49.3 Å². The minimum Gasteiger partial charge on any atom is -0.482 e. The number of rotatable bonds is 4. The number of anilines is 2. The Morgan fingerprint density at radius 2 is 1.91 bits per heavy atom. The minimum atomic E-state index is -0.275. The van der Waals surface area contributed by atoms with Crippen molar-refractivity contribution in [3.63, 3.8) is 0 Å². The number of hydrogen-bond donors (Lipinski definition) is 2. The van der Waals surface area contributed by atoms with Crippen LogP contribution in [0.25, 0.3) is 0 Å². The van der Waals surface area contributed by atoms with Gasteiger partial charge in [0.2, 0.25) is 0 Å². The first kappa shape index (κ1) is 17.3. The molecule has 22 heavy (non-hydrogen) atoms. The van der Waals surface area contributed by atoms with Gasteiger partial charge in [0, 0.05) is 8.95 Å². The summed E-state index contributed by atoms with van der Waals surface area (Å²) < 4.78 is 8.17. The average molecular weight is 493 g/mol. The van der Waals surface area contributed by atoms with Crippen LogP contribution in [-0.2, 0) is 4.79 Å². The highest BCUT2D eigenvalue weighted by atomic mass is 79.9. The molecule has 2 rings (SSSR count). The van der Waals surface area contributed by atoms with E-state index in [-0.39, 0.29) is 12.5 Å². The van der Waals surface area contributed by atoms with Gasteiger partial charge in [-0.25, -0.2) is 0 Å². The monoisotopic (exact) mass is 490 g/mol. The molecule has 0 spiro atoms. The standard InChI is InChI=1S/C15H13Br3N2O2/c1-8-4-10(17)5-11(18)15(8)22-7-14(21)20-13-3-2-9(16)6-12(13)19/h2-6H,7,19H2,1H3,(H,20,21). The third-order valence-electron chi connectivity index (χ3n) is 2.83. The molecule has 0 saturated heterocycles. The summed E-state index contributed by atoms with van der Waals surface area (Å²) in [4.78, 5) is 12.0. The second-order valence-corrected chi connectivity index (χ2v) is 7.29. The molecule has 2 aromatic carbocycles. The van der Waals surface area contributed by atoms with Crippen molar-refractivity contribution >= 4 is 65.1 Å². The van der Waals surface area contributed by atoms with Gasteiger partial charge < -0.3 is 15.8 Å². The number of hydrogen-bond acceptors (Lipinski definition) is 3. The molecular formula is C15H13Br3N2O2. The molecule has 0 fully saturated rings. The van der Waals surface area contributed by atoms with Crippen LogP contribution in [-0.4, -0.2) is 12.5 Å². The van der Waals surface area contributed by atoms with Crippen molar-refractivity contribution in [1.82, 2.24) is 0 Å². The third kappa shape index (κ3) is 4.47. The zero-order chi connectivity index (χ0) is 16.3. The molecule has 0 saturated carbocycles. The van der Waals surface area contributed by atoms with E-state index in [2.05, 4.69) is 53.1 Å². The van der Waals surface area contributed by atoms with E-state index in [9.17, 15) is 4.79 Å². The molecule has 4 nitrogen and oxygen atoms in total. The van der Waals surface area contributed by atoms with Gasteiger partial charge in [-0.2, -0.15) is 0 Å². The largest absolute Gasteiger partial charge is 0.482 e. The van der Waals surface area contributed by atoms with E-state index in [4.69, 9.17) is 10.5 Å². The summed E-state index contributed by atoms with van der Waals surface area (Å²) in [5.74, 6) is 0.366. The highest BCUT2D eigenvalue weighted by molar-refractivity contribution is 9.11. The van der Waals surface area contributed by atoms with Gasteiger partial charge in [0.1, 0.15) is 5.75 Å². The summed E-state index contributed by atoms with van der Waals surface area (Å²) in [5.41, 5.74) is 7.82. The van der Waals surface area contributed by atoms with Crippen LogP contribution in [0, 0.1) is 6.92 Å². The Morgan fingerprint density at radius 3 is 2.55 bits per heavy atom. The fourth-order valence-corrected chi connectivity index (χ4v) is 3.78. The molecular weight excluding hydrogens is 480 g/mol. The highest BCUT2D eigenvalue weighted by Crippen LogP contribution is 2.32. The van der Waals surface area contributed by atoms with Gasteiger partial charge in [0.05, 0.1) is 15.8 Å². The van der Waals surface area contributed by atoms with Gasteiger partial charge in [0.25, 0.3) is 5.91 Å². The molecule has 2 aromatic rings. The van der Waals surface area contributed by atoms with E-state index < -0.39 is 0 Å². The van der Waals surface area contributed by atoms with E-state index in [0.29, 0.717) is 17.1 Å². The lowest BCUT2D eigenvalue weighted by atomic mass is 10.2. The molecule has 0 unspecified atom stereocenters. The first-order valence-electron chi connectivity index (χ1n) is 6.30. The number of benzene rings is 2. The van der Waals surface area contributed by atoms with Crippen LogP contribution >= 0.6 is 47.8 Å². The van der Waals surface area contributed by atoms with Crippen molar-refractivity contribution in [3.8, 4) is 5.75 Å². The summed E-state index contributed by atoms with van der Waals surface area (Å²) >= 11 is 10.1. The quantitative estimate of drug-likeness (QED) is 0.598. The van der Waals surface area contributed by atoms with Gasteiger partial charge in [-0.05, 0) is 58.7 Å². The van der Waals surface area contributed by atoms with Crippen molar-refractivity contribution in [2.45, 2.75) is 6.92 Å². The molecule has 0 aliphatic rings. The first-order valence-corrected chi connectivity index (χ1v) is 8.68. The number of halogens is 3. The Morgan fingerprint density at radius 1 is 1.18 bits per heavy atom. The summed E-state index contributed by atoms with van der Waals surface area (Å²) in [6, 6.07) is 9.06. The van der Waals surface area contributed by atoms with Crippen molar-refractivity contribution < 1.29 is 9.53 Å². The van der Waals surface area contributed by atoms with Crippen LogP contribution in [0.2, 0.25) is 0 Å². The number of nitrogen functional groups attached to an aromatic ring is 1. The van der Waals surface area contributed by atoms with Gasteiger partial charge in [-0.1, -0.05) is 31.9 Å². The van der Waals surface area contributed by atoms with Crippen LogP contribution in [0.15, 0.2) is 43.7 Å². The number of carbonyl (C=O) groups is 1. The maximum atomic E-state index is 12.0. The minimum absolute atomic E-state index is 0.101. The van der Waals surface area contributed by atoms with Crippen LogP contribution < -0.4 is 15.8 Å². The molecule has 1 amide bonds. The fourth-order valence-electron chi connectivity index (χ4n) is 1.84. The Balaban J connectivity index is 2.02. The lowest BCUT2D eigenvalue weighted by molar-refractivity contribution is -0.118. The van der Waals surface area contributed by atoms with Gasteiger partial charge >= 0.3 is 0 Å². The van der Waals surface area contributed by atoms with Gasteiger partial charge in [0.15, 0.2) is 6.61 Å². The Hall–Kier alpha value is -1.05. The van der Waals surface area contributed by atoms with E-state index in [1.54, 1.807) is 12.1 Å². The molecule has 0 radical (unpaired) electrons. The summed E-state index contributed by atoms with van der Waals surface area (Å²) in [5, 5.41) is 2.72. The molecule has 116 valence electrons. The van der Waals surface area contributed by atoms with E-state index >= 15 is 0 Å². The molecule has 3 N–H and O–H groups in total. The Labute approximate surface area is 153 Å². The predicted octanol–water partition coefficient (Wildman–Crippen LogP) is 4.88. The molecule has 0 aliphatic heterocycles. The lowest BCUT2D eigenvalue weighted by Gasteiger charge is -2.12. The second kappa shape index (κ2) is 7.48. The topological polar surface area (TPSA) is 64.3 Å². The number of carbonyl (C=O) groups excluding carboxylic acids is 1. The van der Waals surface area contributed by atoms with Crippen LogP contribution in [0.1, 0.15) is 5.56 Å². The van der Waals surface area contributed by atoms with Crippen molar-refractivity contribution in [1.29, 1.82) is 0 Å². The van der Waals surface area contributed by atoms with E-state index in [1.807, 2.05) is 25.1 Å². The summed E-state index contributed by atoms with van der Waals surface area (Å²) in [6.07, 6.45) is 0. The molecule has 0 bridgehead atoms. The third-order valence-corrected chi connectivity index (χ3v) is 4.37. The number of aryl methyl sites for hydroxylation is 1. The second-order valence-electron chi connectivity index (χ2n) is 4.60. The highest BCUT2D eigenvalue weighted by Gasteiger charge is 2.11. The molecule has 0 aliphatic carbocycles. The predicted molar refractivity (Wildman–Crippen MR) is 99.3 cm³/mol. The molecule has 0 atom stereocenters. The summed E-state index contributed by atoms with van der Waals surface area (Å²) in [6.45, 7) is 1.81. The van der Waals surface area contributed by atoms with Gasteiger partial charge in [-0.3, -0.25) is 4.79 Å². The maximum absolute atomic E-state index is 12.0. The first-order chi connectivity index (χ1) is 10.4.